The molecule has 0 aliphatic heterocycles. The lowest BCUT2D eigenvalue weighted by molar-refractivity contribution is 0.0690. The average Bonchev–Trinajstić information content (AvgIpc) is 2.47. The lowest BCUT2D eigenvalue weighted by atomic mass is 10.1. The second-order valence-corrected chi connectivity index (χ2v) is 6.70. The van der Waals surface area contributed by atoms with Crippen molar-refractivity contribution in [2.24, 2.45) is 0 Å². The highest BCUT2D eigenvalue weighted by Crippen LogP contribution is 2.23. The van der Waals surface area contributed by atoms with Crippen molar-refractivity contribution in [2.75, 3.05) is 14.1 Å². The SMILES string of the molecule is CN(C)S(=O)(=O)c1cccc(-c2ccnc(C(=O)O)c2)c1. The van der Waals surface area contributed by atoms with Crippen LogP contribution in [0.25, 0.3) is 11.1 Å². The molecule has 0 aliphatic carbocycles. The van der Waals surface area contributed by atoms with Crippen molar-refractivity contribution in [3.05, 3.63) is 48.3 Å². The Kier molecular flexibility index (Phi) is 4.06. The summed E-state index contributed by atoms with van der Waals surface area (Å²) in [5.74, 6) is -1.13. The Bertz CT molecular complexity index is 785. The smallest absolute Gasteiger partial charge is 0.354 e. The Hall–Kier alpha value is -2.25. The van der Waals surface area contributed by atoms with Crippen molar-refractivity contribution in [1.82, 2.24) is 9.29 Å². The topological polar surface area (TPSA) is 87.6 Å². The van der Waals surface area contributed by atoms with E-state index in [2.05, 4.69) is 4.98 Å². The number of sulfonamides is 1. The van der Waals surface area contributed by atoms with Gasteiger partial charge in [0.2, 0.25) is 10.0 Å². The number of nitrogens with zero attached hydrogens (tertiary/aromatic N) is 2. The van der Waals surface area contributed by atoms with E-state index in [0.29, 0.717) is 11.1 Å². The zero-order valence-corrected chi connectivity index (χ0v) is 12.3. The van der Waals surface area contributed by atoms with Gasteiger partial charge in [0.1, 0.15) is 5.69 Å². The van der Waals surface area contributed by atoms with Crippen molar-refractivity contribution in [2.45, 2.75) is 4.90 Å². The molecule has 7 heteroatoms. The number of aromatic carboxylic acids is 1. The Morgan fingerprint density at radius 3 is 2.43 bits per heavy atom. The van der Waals surface area contributed by atoms with Crippen LogP contribution in [-0.4, -0.2) is 42.9 Å². The van der Waals surface area contributed by atoms with Gasteiger partial charge in [0.15, 0.2) is 0 Å². The van der Waals surface area contributed by atoms with Crippen LogP contribution in [0, 0.1) is 0 Å². The first-order valence-electron chi connectivity index (χ1n) is 6.04. The number of hydrogen-bond donors (Lipinski definition) is 1. The Morgan fingerprint density at radius 1 is 1.14 bits per heavy atom. The normalized spacial score (nSPS) is 11.6. The molecular weight excluding hydrogens is 292 g/mol. The summed E-state index contributed by atoms with van der Waals surface area (Å²) in [4.78, 5) is 14.8. The van der Waals surface area contributed by atoms with Gasteiger partial charge in [-0.05, 0) is 35.4 Å². The molecule has 1 aromatic heterocycles. The van der Waals surface area contributed by atoms with E-state index in [1.165, 1.54) is 38.5 Å². The Balaban J connectivity index is 2.52. The molecule has 0 amide bonds. The number of rotatable bonds is 4. The summed E-state index contributed by atoms with van der Waals surface area (Å²) in [6, 6.07) is 9.38. The van der Waals surface area contributed by atoms with E-state index < -0.39 is 16.0 Å². The van der Waals surface area contributed by atoms with Gasteiger partial charge in [-0.3, -0.25) is 0 Å². The molecule has 0 radical (unpaired) electrons. The summed E-state index contributed by atoms with van der Waals surface area (Å²) in [7, 11) is -0.622. The van der Waals surface area contributed by atoms with Crippen molar-refractivity contribution in [3.8, 4) is 11.1 Å². The first kappa shape index (κ1) is 15.1. The third kappa shape index (κ3) is 3.09. The molecular formula is C14H14N2O4S. The number of hydrogen-bond acceptors (Lipinski definition) is 4. The minimum atomic E-state index is -3.53. The largest absolute Gasteiger partial charge is 0.477 e. The van der Waals surface area contributed by atoms with Crippen LogP contribution in [0.4, 0.5) is 0 Å². The van der Waals surface area contributed by atoms with Crippen molar-refractivity contribution in [3.63, 3.8) is 0 Å². The third-order valence-corrected chi connectivity index (χ3v) is 4.74. The lowest BCUT2D eigenvalue weighted by Crippen LogP contribution is -2.22. The van der Waals surface area contributed by atoms with Gasteiger partial charge < -0.3 is 5.11 Å². The number of benzene rings is 1. The van der Waals surface area contributed by atoms with Crippen LogP contribution < -0.4 is 0 Å². The fourth-order valence-electron chi connectivity index (χ4n) is 1.77. The maximum Gasteiger partial charge on any atom is 0.354 e. The highest BCUT2D eigenvalue weighted by Gasteiger charge is 2.17. The third-order valence-electron chi connectivity index (χ3n) is 2.92. The van der Waals surface area contributed by atoms with Crippen molar-refractivity contribution >= 4 is 16.0 Å². The first-order valence-corrected chi connectivity index (χ1v) is 7.48. The highest BCUT2D eigenvalue weighted by atomic mass is 32.2. The molecule has 1 heterocycles. The standard InChI is InChI=1S/C14H14N2O4S/c1-16(2)21(19,20)12-5-3-4-10(8-12)11-6-7-15-13(9-11)14(17)18/h3-9H,1-2H3,(H,17,18). The summed E-state index contributed by atoms with van der Waals surface area (Å²) in [6.07, 6.45) is 1.38. The van der Waals surface area contributed by atoms with Crippen LogP contribution in [0.3, 0.4) is 0 Å². The van der Waals surface area contributed by atoms with Crippen LogP contribution in [0.1, 0.15) is 10.5 Å². The monoisotopic (exact) mass is 306 g/mol. The molecule has 110 valence electrons. The minimum absolute atomic E-state index is 0.0895. The first-order chi connectivity index (χ1) is 9.82. The molecule has 0 fully saturated rings. The maximum absolute atomic E-state index is 12.1. The molecule has 0 saturated carbocycles. The van der Waals surface area contributed by atoms with Gasteiger partial charge in [-0.2, -0.15) is 0 Å². The zero-order valence-electron chi connectivity index (χ0n) is 11.5. The van der Waals surface area contributed by atoms with Crippen LogP contribution in [-0.2, 0) is 10.0 Å². The van der Waals surface area contributed by atoms with Crippen molar-refractivity contribution < 1.29 is 18.3 Å². The van der Waals surface area contributed by atoms with Crippen LogP contribution in [0.5, 0.6) is 0 Å². The molecule has 0 aliphatic rings. The number of carbonyl (C=O) groups is 1. The molecule has 0 atom stereocenters. The minimum Gasteiger partial charge on any atom is -0.477 e. The fourth-order valence-corrected chi connectivity index (χ4v) is 2.72. The molecule has 0 unspecified atom stereocenters. The van der Waals surface area contributed by atoms with E-state index in [0.717, 1.165) is 4.31 Å². The molecule has 21 heavy (non-hydrogen) atoms. The molecule has 2 aromatic rings. The van der Waals surface area contributed by atoms with Crippen LogP contribution >= 0.6 is 0 Å². The summed E-state index contributed by atoms with van der Waals surface area (Å²) in [5, 5.41) is 8.95. The quantitative estimate of drug-likeness (QED) is 0.929. The Labute approximate surface area is 122 Å². The number of aromatic nitrogens is 1. The summed E-state index contributed by atoms with van der Waals surface area (Å²) in [6.45, 7) is 0. The van der Waals surface area contributed by atoms with Gasteiger partial charge in [-0.15, -0.1) is 0 Å². The Morgan fingerprint density at radius 2 is 1.81 bits per heavy atom. The van der Waals surface area contributed by atoms with Gasteiger partial charge in [0, 0.05) is 20.3 Å². The van der Waals surface area contributed by atoms with Gasteiger partial charge >= 0.3 is 5.97 Å². The van der Waals surface area contributed by atoms with Crippen LogP contribution in [0.2, 0.25) is 0 Å². The van der Waals surface area contributed by atoms with E-state index >= 15 is 0 Å². The summed E-state index contributed by atoms with van der Waals surface area (Å²) < 4.78 is 25.3. The fraction of sp³-hybridized carbons (Fsp3) is 0.143. The molecule has 0 bridgehead atoms. The van der Waals surface area contributed by atoms with E-state index in [9.17, 15) is 13.2 Å². The molecule has 2 rings (SSSR count). The predicted molar refractivity (Wildman–Crippen MR) is 77.5 cm³/mol. The van der Waals surface area contributed by atoms with E-state index in [1.54, 1.807) is 18.2 Å². The second kappa shape index (κ2) is 5.63. The van der Waals surface area contributed by atoms with E-state index in [1.807, 2.05) is 0 Å². The van der Waals surface area contributed by atoms with Gasteiger partial charge in [-0.25, -0.2) is 22.5 Å². The van der Waals surface area contributed by atoms with Gasteiger partial charge in [0.05, 0.1) is 4.90 Å². The van der Waals surface area contributed by atoms with Gasteiger partial charge in [-0.1, -0.05) is 12.1 Å². The molecule has 6 nitrogen and oxygen atoms in total. The van der Waals surface area contributed by atoms with Crippen LogP contribution in [0.15, 0.2) is 47.5 Å². The van der Waals surface area contributed by atoms with Gasteiger partial charge in [0.25, 0.3) is 0 Å². The predicted octanol–water partition coefficient (Wildman–Crippen LogP) is 1.70. The molecule has 1 N–H and O–H groups in total. The van der Waals surface area contributed by atoms with E-state index in [4.69, 9.17) is 5.11 Å². The number of carboxylic acid groups (broad SMARTS) is 1. The lowest BCUT2D eigenvalue weighted by Gasteiger charge is -2.12. The van der Waals surface area contributed by atoms with E-state index in [-0.39, 0.29) is 10.6 Å². The zero-order chi connectivity index (χ0) is 15.6. The molecule has 0 saturated heterocycles. The summed E-state index contributed by atoms with van der Waals surface area (Å²) in [5.41, 5.74) is 1.12. The average molecular weight is 306 g/mol. The second-order valence-electron chi connectivity index (χ2n) is 4.55. The molecule has 1 aromatic carbocycles. The summed E-state index contributed by atoms with van der Waals surface area (Å²) >= 11 is 0. The number of pyridine rings is 1. The molecule has 0 spiro atoms. The maximum atomic E-state index is 12.1. The van der Waals surface area contributed by atoms with Crippen molar-refractivity contribution in [1.29, 1.82) is 0 Å². The highest BCUT2D eigenvalue weighted by molar-refractivity contribution is 7.89. The number of carboxylic acids is 1.